The molecule has 27 heavy (non-hydrogen) atoms. The van der Waals surface area contributed by atoms with Gasteiger partial charge in [-0.05, 0) is 18.2 Å². The lowest BCUT2D eigenvalue weighted by Gasteiger charge is -2.09. The van der Waals surface area contributed by atoms with E-state index in [1.807, 2.05) is 0 Å². The Morgan fingerprint density at radius 2 is 2.00 bits per heavy atom. The van der Waals surface area contributed by atoms with E-state index in [4.69, 9.17) is 11.6 Å². The number of benzene rings is 1. The molecule has 12 heteroatoms. The molecule has 2 N–H and O–H groups in total. The highest BCUT2D eigenvalue weighted by molar-refractivity contribution is 7.89. The molecule has 2 rings (SSSR count). The molecule has 0 aliphatic carbocycles. The number of halogens is 1. The maximum Gasteiger partial charge on any atom is 0.273 e. The number of hydrogen-bond acceptors (Lipinski definition) is 6. The highest BCUT2D eigenvalue weighted by atomic mass is 35.5. The normalized spacial score (nSPS) is 11.2. The summed E-state index contributed by atoms with van der Waals surface area (Å²) in [6.07, 6.45) is 1.34. The van der Waals surface area contributed by atoms with Gasteiger partial charge in [-0.3, -0.25) is 9.59 Å². The predicted octanol–water partition coefficient (Wildman–Crippen LogP) is -0.272. The van der Waals surface area contributed by atoms with E-state index < -0.39 is 15.9 Å². The van der Waals surface area contributed by atoms with Crippen molar-refractivity contribution in [2.75, 3.05) is 27.2 Å². The van der Waals surface area contributed by atoms with Gasteiger partial charge in [0.1, 0.15) is 6.54 Å². The summed E-state index contributed by atoms with van der Waals surface area (Å²) in [6, 6.07) is 5.85. The van der Waals surface area contributed by atoms with Gasteiger partial charge in [-0.2, -0.15) is 0 Å². The highest BCUT2D eigenvalue weighted by Crippen LogP contribution is 2.14. The fourth-order valence-electron chi connectivity index (χ4n) is 1.93. The minimum absolute atomic E-state index is 0.0200. The maximum atomic E-state index is 12.1. The topological polar surface area (TPSA) is 126 Å². The zero-order valence-corrected chi connectivity index (χ0v) is 16.3. The average molecular weight is 415 g/mol. The highest BCUT2D eigenvalue weighted by Gasteiger charge is 2.15. The van der Waals surface area contributed by atoms with E-state index in [-0.39, 0.29) is 36.1 Å². The zero-order chi connectivity index (χ0) is 20.0. The number of carbonyl (C=O) groups excluding carboxylic acids is 2. The van der Waals surface area contributed by atoms with E-state index in [2.05, 4.69) is 20.4 Å². The number of likely N-dealkylation sites (N-methyl/N-ethyl adjacent to an activating group) is 1. The van der Waals surface area contributed by atoms with E-state index in [1.54, 1.807) is 20.2 Å². The summed E-state index contributed by atoms with van der Waals surface area (Å²) in [5.74, 6) is -0.720. The molecule has 0 atom stereocenters. The first-order chi connectivity index (χ1) is 12.7. The number of amides is 2. The van der Waals surface area contributed by atoms with Crippen LogP contribution in [0.25, 0.3) is 0 Å². The number of nitrogens with zero attached hydrogens (tertiary/aromatic N) is 4. The third-order valence-electron chi connectivity index (χ3n) is 3.38. The summed E-state index contributed by atoms with van der Waals surface area (Å²) in [5, 5.41) is 10.2. The van der Waals surface area contributed by atoms with Crippen LogP contribution in [0.3, 0.4) is 0 Å². The van der Waals surface area contributed by atoms with Crippen LogP contribution in [0.5, 0.6) is 0 Å². The second-order valence-corrected chi connectivity index (χ2v) is 7.90. The lowest BCUT2D eigenvalue weighted by Crippen LogP contribution is -2.34. The van der Waals surface area contributed by atoms with Gasteiger partial charge in [0.05, 0.1) is 11.1 Å². The van der Waals surface area contributed by atoms with Crippen LogP contribution in [0.2, 0.25) is 5.02 Å². The fraction of sp³-hybridized carbons (Fsp3) is 0.333. The predicted molar refractivity (Wildman–Crippen MR) is 97.7 cm³/mol. The molecule has 1 heterocycles. The molecule has 146 valence electrons. The van der Waals surface area contributed by atoms with Gasteiger partial charge in [0, 0.05) is 32.2 Å². The number of nitrogens with one attached hydrogen (secondary N) is 2. The van der Waals surface area contributed by atoms with E-state index >= 15 is 0 Å². The Bertz CT molecular complexity index is 928. The van der Waals surface area contributed by atoms with Crippen LogP contribution in [0.1, 0.15) is 10.5 Å². The largest absolute Gasteiger partial charge is 0.349 e. The molecule has 0 aliphatic heterocycles. The molecule has 1 aromatic heterocycles. The molecule has 10 nitrogen and oxygen atoms in total. The summed E-state index contributed by atoms with van der Waals surface area (Å²) in [4.78, 5) is 25.0. The molecular weight excluding hydrogens is 396 g/mol. The standard InChI is InChI=1S/C15H19ClN6O4S/c1-21(2)14(23)10-22-9-13(19-20-22)15(24)17-6-7-18-27(25,26)12-5-3-4-11(16)8-12/h3-5,8-9,18H,6-7,10H2,1-2H3,(H,17,24). The molecule has 0 bridgehead atoms. The third kappa shape index (κ3) is 6.01. The van der Waals surface area contributed by atoms with Crippen LogP contribution >= 0.6 is 11.6 Å². The first-order valence-electron chi connectivity index (χ1n) is 7.83. The molecular formula is C15H19ClN6O4S. The monoisotopic (exact) mass is 414 g/mol. The Morgan fingerprint density at radius 1 is 1.26 bits per heavy atom. The van der Waals surface area contributed by atoms with Crippen LogP contribution in [0, 0.1) is 0 Å². The Kier molecular flexibility index (Phi) is 6.88. The summed E-state index contributed by atoms with van der Waals surface area (Å²) < 4.78 is 27.8. The van der Waals surface area contributed by atoms with Crippen LogP contribution in [-0.4, -0.2) is 67.3 Å². The van der Waals surface area contributed by atoms with Crippen molar-refractivity contribution < 1.29 is 18.0 Å². The minimum Gasteiger partial charge on any atom is -0.349 e. The second kappa shape index (κ2) is 8.93. The Balaban J connectivity index is 1.83. The third-order valence-corrected chi connectivity index (χ3v) is 5.07. The summed E-state index contributed by atoms with van der Waals surface area (Å²) >= 11 is 5.78. The van der Waals surface area contributed by atoms with Gasteiger partial charge in [0.2, 0.25) is 15.9 Å². The van der Waals surface area contributed by atoms with Crippen LogP contribution < -0.4 is 10.0 Å². The molecule has 0 spiro atoms. The number of hydrogen-bond donors (Lipinski definition) is 2. The Hall–Kier alpha value is -2.50. The van der Waals surface area contributed by atoms with Crippen molar-refractivity contribution >= 4 is 33.4 Å². The number of rotatable bonds is 8. The van der Waals surface area contributed by atoms with Crippen molar-refractivity contribution in [3.63, 3.8) is 0 Å². The molecule has 0 unspecified atom stereocenters. The lowest BCUT2D eigenvalue weighted by atomic mass is 10.4. The SMILES string of the molecule is CN(C)C(=O)Cn1cc(C(=O)NCCNS(=O)(=O)c2cccc(Cl)c2)nn1. The van der Waals surface area contributed by atoms with Gasteiger partial charge in [0.15, 0.2) is 5.69 Å². The average Bonchev–Trinajstić information content (AvgIpc) is 3.07. The minimum atomic E-state index is -3.72. The Morgan fingerprint density at radius 3 is 2.67 bits per heavy atom. The Labute approximate surface area is 161 Å². The van der Waals surface area contributed by atoms with Gasteiger partial charge in [0.25, 0.3) is 5.91 Å². The van der Waals surface area contributed by atoms with Gasteiger partial charge >= 0.3 is 0 Å². The molecule has 0 fully saturated rings. The lowest BCUT2D eigenvalue weighted by molar-refractivity contribution is -0.129. The molecule has 0 aliphatic rings. The first kappa shape index (κ1) is 20.8. The van der Waals surface area contributed by atoms with Gasteiger partial charge in [-0.15, -0.1) is 5.10 Å². The van der Waals surface area contributed by atoms with Gasteiger partial charge in [-0.25, -0.2) is 17.8 Å². The van der Waals surface area contributed by atoms with Crippen molar-refractivity contribution in [3.8, 4) is 0 Å². The molecule has 0 saturated carbocycles. The van der Waals surface area contributed by atoms with Crippen LogP contribution in [0.4, 0.5) is 0 Å². The van der Waals surface area contributed by atoms with Gasteiger partial charge < -0.3 is 10.2 Å². The number of sulfonamides is 1. The molecule has 0 saturated heterocycles. The van der Waals surface area contributed by atoms with Crippen molar-refractivity contribution in [2.45, 2.75) is 11.4 Å². The quantitative estimate of drug-likeness (QED) is 0.572. The first-order valence-corrected chi connectivity index (χ1v) is 9.69. The van der Waals surface area contributed by atoms with Crippen LogP contribution in [0.15, 0.2) is 35.4 Å². The number of carbonyl (C=O) groups is 2. The van der Waals surface area contributed by atoms with Crippen LogP contribution in [-0.2, 0) is 21.4 Å². The van der Waals surface area contributed by atoms with Crippen molar-refractivity contribution in [3.05, 3.63) is 41.2 Å². The summed E-state index contributed by atoms with van der Waals surface area (Å²) in [6.45, 7) is -0.0112. The van der Waals surface area contributed by atoms with Crippen molar-refractivity contribution in [1.29, 1.82) is 0 Å². The zero-order valence-electron chi connectivity index (χ0n) is 14.7. The van der Waals surface area contributed by atoms with E-state index in [0.29, 0.717) is 5.02 Å². The van der Waals surface area contributed by atoms with Gasteiger partial charge in [-0.1, -0.05) is 22.9 Å². The smallest absolute Gasteiger partial charge is 0.273 e. The van der Waals surface area contributed by atoms with E-state index in [1.165, 1.54) is 34.0 Å². The second-order valence-electron chi connectivity index (χ2n) is 5.70. The van der Waals surface area contributed by atoms with E-state index in [0.717, 1.165) is 0 Å². The molecule has 2 amide bonds. The fourth-order valence-corrected chi connectivity index (χ4v) is 3.26. The summed E-state index contributed by atoms with van der Waals surface area (Å²) in [5.41, 5.74) is 0.0271. The number of aromatic nitrogens is 3. The molecule has 2 aromatic rings. The maximum absolute atomic E-state index is 12.1. The molecule has 0 radical (unpaired) electrons. The summed E-state index contributed by atoms with van der Waals surface area (Å²) in [7, 11) is -0.506. The molecule has 1 aromatic carbocycles. The van der Waals surface area contributed by atoms with Crippen molar-refractivity contribution in [1.82, 2.24) is 29.9 Å². The van der Waals surface area contributed by atoms with E-state index in [9.17, 15) is 18.0 Å². The van der Waals surface area contributed by atoms with Crippen molar-refractivity contribution in [2.24, 2.45) is 0 Å².